The molecule has 2 aliphatic rings. The molecule has 0 aromatic heterocycles. The van der Waals surface area contributed by atoms with Crippen LogP contribution in [0.15, 0.2) is 12.2 Å². The summed E-state index contributed by atoms with van der Waals surface area (Å²) in [6.07, 6.45) is 3.26. The Morgan fingerprint density at radius 2 is 2.00 bits per heavy atom. The van der Waals surface area contributed by atoms with Crippen LogP contribution in [0, 0.1) is 17.3 Å². The van der Waals surface area contributed by atoms with Gasteiger partial charge in [-0.05, 0) is 33.8 Å². The maximum atomic E-state index is 12.1. The van der Waals surface area contributed by atoms with E-state index >= 15 is 0 Å². The Bertz CT molecular complexity index is 418. The molecule has 1 saturated heterocycles. The van der Waals surface area contributed by atoms with Gasteiger partial charge in [0, 0.05) is 5.92 Å². The van der Waals surface area contributed by atoms with E-state index in [2.05, 4.69) is 0 Å². The van der Waals surface area contributed by atoms with Crippen LogP contribution in [0.5, 0.6) is 0 Å². The standard InChI is InChI=1S/C14H20O4/c1-8-10-6-7-14(17-10,9(2)11(8)15)18-12(16)13(3,4)5/h6-10H,1-5H3/t8-,9+,10+,14-/m0/s1. The van der Waals surface area contributed by atoms with Crippen LogP contribution in [0.2, 0.25) is 0 Å². The van der Waals surface area contributed by atoms with Gasteiger partial charge in [-0.25, -0.2) is 0 Å². The van der Waals surface area contributed by atoms with Crippen molar-refractivity contribution in [3.63, 3.8) is 0 Å². The van der Waals surface area contributed by atoms with E-state index in [1.807, 2.05) is 13.0 Å². The van der Waals surface area contributed by atoms with Crippen LogP contribution in [-0.2, 0) is 19.1 Å². The van der Waals surface area contributed by atoms with E-state index in [-0.39, 0.29) is 23.8 Å². The third-order valence-electron chi connectivity index (χ3n) is 3.67. The maximum Gasteiger partial charge on any atom is 0.313 e. The average Bonchev–Trinajstić information content (AvgIpc) is 2.66. The third-order valence-corrected chi connectivity index (χ3v) is 3.67. The molecule has 0 N–H and O–H groups in total. The van der Waals surface area contributed by atoms with E-state index in [0.29, 0.717) is 0 Å². The van der Waals surface area contributed by atoms with Gasteiger partial charge < -0.3 is 9.47 Å². The summed E-state index contributed by atoms with van der Waals surface area (Å²) in [6, 6.07) is 0. The molecule has 0 saturated carbocycles. The molecule has 4 nitrogen and oxygen atoms in total. The highest BCUT2D eigenvalue weighted by atomic mass is 16.7. The normalized spacial score (nSPS) is 38.9. The predicted octanol–water partition coefficient (Wildman–Crippen LogP) is 2.08. The molecule has 2 bridgehead atoms. The summed E-state index contributed by atoms with van der Waals surface area (Å²) in [4.78, 5) is 24.1. The lowest BCUT2D eigenvalue weighted by Crippen LogP contribution is -2.53. The predicted molar refractivity (Wildman–Crippen MR) is 65.6 cm³/mol. The van der Waals surface area contributed by atoms with Crippen molar-refractivity contribution in [1.82, 2.24) is 0 Å². The Labute approximate surface area is 107 Å². The molecule has 100 valence electrons. The molecule has 4 heteroatoms. The fourth-order valence-electron chi connectivity index (χ4n) is 2.23. The van der Waals surface area contributed by atoms with Crippen LogP contribution in [0.4, 0.5) is 0 Å². The maximum absolute atomic E-state index is 12.1. The van der Waals surface area contributed by atoms with Gasteiger partial charge in [0.1, 0.15) is 5.78 Å². The number of carbonyl (C=O) groups is 2. The molecule has 0 unspecified atom stereocenters. The molecule has 2 aliphatic heterocycles. The number of esters is 1. The Kier molecular flexibility index (Phi) is 2.89. The summed E-state index contributed by atoms with van der Waals surface area (Å²) in [6.45, 7) is 8.93. The van der Waals surface area contributed by atoms with Crippen LogP contribution in [-0.4, -0.2) is 23.6 Å². The van der Waals surface area contributed by atoms with Crippen molar-refractivity contribution in [2.24, 2.45) is 17.3 Å². The highest BCUT2D eigenvalue weighted by molar-refractivity contribution is 5.87. The summed E-state index contributed by atoms with van der Waals surface area (Å²) in [5.74, 6) is -2.12. The van der Waals surface area contributed by atoms with E-state index in [1.54, 1.807) is 33.8 Å². The van der Waals surface area contributed by atoms with Crippen LogP contribution in [0.1, 0.15) is 34.6 Å². The lowest BCUT2D eigenvalue weighted by atomic mass is 9.85. The number of ether oxygens (including phenoxy) is 2. The monoisotopic (exact) mass is 252 g/mol. The molecule has 1 fully saturated rings. The Morgan fingerprint density at radius 3 is 2.56 bits per heavy atom. The number of ketones is 1. The molecule has 2 heterocycles. The van der Waals surface area contributed by atoms with Gasteiger partial charge in [-0.3, -0.25) is 9.59 Å². The minimum absolute atomic E-state index is 0.0814. The Balaban J connectivity index is 2.25. The smallest absolute Gasteiger partial charge is 0.313 e. The van der Waals surface area contributed by atoms with Crippen molar-refractivity contribution >= 4 is 11.8 Å². The van der Waals surface area contributed by atoms with Crippen molar-refractivity contribution < 1.29 is 19.1 Å². The first-order valence-corrected chi connectivity index (χ1v) is 6.32. The van der Waals surface area contributed by atoms with Gasteiger partial charge in [0.05, 0.1) is 17.4 Å². The van der Waals surface area contributed by atoms with Crippen molar-refractivity contribution in [1.29, 1.82) is 0 Å². The number of hydrogen-bond donors (Lipinski definition) is 0. The molecule has 0 aliphatic carbocycles. The van der Waals surface area contributed by atoms with E-state index in [0.717, 1.165) is 0 Å². The van der Waals surface area contributed by atoms with Gasteiger partial charge in [-0.15, -0.1) is 0 Å². The molecule has 0 spiro atoms. The van der Waals surface area contributed by atoms with Gasteiger partial charge in [-0.2, -0.15) is 0 Å². The second-order valence-corrected chi connectivity index (χ2v) is 6.22. The Morgan fingerprint density at radius 1 is 1.39 bits per heavy atom. The zero-order valence-electron chi connectivity index (χ0n) is 11.5. The third kappa shape index (κ3) is 1.88. The van der Waals surface area contributed by atoms with Crippen LogP contribution in [0.3, 0.4) is 0 Å². The molecule has 0 amide bonds. The summed E-state index contributed by atoms with van der Waals surface area (Å²) in [5.41, 5.74) is -0.615. The van der Waals surface area contributed by atoms with Gasteiger partial charge in [0.25, 0.3) is 0 Å². The molecule has 0 radical (unpaired) electrons. The first-order valence-electron chi connectivity index (χ1n) is 6.32. The first-order chi connectivity index (χ1) is 8.17. The molecule has 2 rings (SSSR count). The summed E-state index contributed by atoms with van der Waals surface area (Å²) in [7, 11) is 0. The summed E-state index contributed by atoms with van der Waals surface area (Å²) >= 11 is 0. The first kappa shape index (κ1) is 13.3. The number of Topliss-reactive ketones (excluding diaryl/α,β-unsaturated/α-hetero) is 1. The van der Waals surface area contributed by atoms with Crippen molar-refractivity contribution in [2.45, 2.75) is 46.5 Å². The van der Waals surface area contributed by atoms with Crippen molar-refractivity contribution in [3.8, 4) is 0 Å². The fraction of sp³-hybridized carbons (Fsp3) is 0.714. The highest BCUT2D eigenvalue weighted by Crippen LogP contribution is 2.42. The van der Waals surface area contributed by atoms with Crippen molar-refractivity contribution in [3.05, 3.63) is 12.2 Å². The van der Waals surface area contributed by atoms with E-state index in [9.17, 15) is 9.59 Å². The topological polar surface area (TPSA) is 52.6 Å². The minimum atomic E-state index is -1.20. The zero-order valence-corrected chi connectivity index (χ0v) is 11.5. The number of hydrogen-bond acceptors (Lipinski definition) is 4. The molecular formula is C14H20O4. The van der Waals surface area contributed by atoms with Gasteiger partial charge in [-0.1, -0.05) is 13.0 Å². The second kappa shape index (κ2) is 3.92. The fourth-order valence-corrected chi connectivity index (χ4v) is 2.23. The summed E-state index contributed by atoms with van der Waals surface area (Å²) < 4.78 is 11.3. The van der Waals surface area contributed by atoms with E-state index < -0.39 is 17.1 Å². The second-order valence-electron chi connectivity index (χ2n) is 6.22. The lowest BCUT2D eigenvalue weighted by molar-refractivity contribution is -0.250. The SMILES string of the molecule is C[C@@H]1C(=O)[C@@H](C)[C@@]2(OC(=O)C(C)(C)C)C=C[C@H]1O2. The van der Waals surface area contributed by atoms with Gasteiger partial charge >= 0.3 is 5.97 Å². The van der Waals surface area contributed by atoms with Crippen LogP contribution >= 0.6 is 0 Å². The van der Waals surface area contributed by atoms with Gasteiger partial charge in [0.15, 0.2) is 0 Å². The van der Waals surface area contributed by atoms with Crippen LogP contribution in [0.25, 0.3) is 0 Å². The quantitative estimate of drug-likeness (QED) is 0.529. The number of carbonyl (C=O) groups excluding carboxylic acids is 2. The number of fused-ring (bicyclic) bond motifs is 2. The van der Waals surface area contributed by atoms with Crippen molar-refractivity contribution in [2.75, 3.05) is 0 Å². The zero-order chi connectivity index (χ0) is 13.7. The molecule has 0 aromatic carbocycles. The Hall–Kier alpha value is -1.16. The lowest BCUT2D eigenvalue weighted by Gasteiger charge is -2.40. The van der Waals surface area contributed by atoms with E-state index in [1.165, 1.54) is 0 Å². The highest BCUT2D eigenvalue weighted by Gasteiger charge is 2.55. The average molecular weight is 252 g/mol. The molecule has 18 heavy (non-hydrogen) atoms. The molecule has 4 atom stereocenters. The molecule has 0 aromatic rings. The minimum Gasteiger partial charge on any atom is -0.428 e. The van der Waals surface area contributed by atoms with Crippen LogP contribution < -0.4 is 0 Å². The van der Waals surface area contributed by atoms with E-state index in [4.69, 9.17) is 9.47 Å². The summed E-state index contributed by atoms with van der Waals surface area (Å²) in [5, 5.41) is 0. The largest absolute Gasteiger partial charge is 0.428 e. The van der Waals surface area contributed by atoms with Gasteiger partial charge in [0.2, 0.25) is 5.79 Å². The molecular weight excluding hydrogens is 232 g/mol. The number of rotatable bonds is 1.